The summed E-state index contributed by atoms with van der Waals surface area (Å²) in [6.45, 7) is 4.81. The topological polar surface area (TPSA) is 75.6 Å². The van der Waals surface area contributed by atoms with Gasteiger partial charge in [-0.25, -0.2) is 0 Å². The van der Waals surface area contributed by atoms with Crippen molar-refractivity contribution in [3.05, 3.63) is 29.3 Å². The smallest absolute Gasteiger partial charge is 0.307 e. The molecule has 0 aromatic heterocycles. The van der Waals surface area contributed by atoms with Gasteiger partial charge in [-0.2, -0.15) is 0 Å². The van der Waals surface area contributed by atoms with E-state index in [-0.39, 0.29) is 11.8 Å². The molecule has 0 unspecified atom stereocenters. The number of aliphatic carboxylic acids is 1. The van der Waals surface area contributed by atoms with E-state index in [1.54, 1.807) is 0 Å². The molecule has 108 valence electrons. The van der Waals surface area contributed by atoms with Gasteiger partial charge in [-0.1, -0.05) is 12.1 Å². The van der Waals surface area contributed by atoms with E-state index in [0.717, 1.165) is 16.9 Å². The molecular weight excluding hydrogens is 258 g/mol. The van der Waals surface area contributed by atoms with E-state index >= 15 is 0 Å². The summed E-state index contributed by atoms with van der Waals surface area (Å²) in [5.41, 5.74) is 2.00. The molecule has 1 fully saturated rings. The summed E-state index contributed by atoms with van der Waals surface area (Å²) < 4.78 is 5.54. The number of ether oxygens (including phenoxy) is 1. The molecule has 20 heavy (non-hydrogen) atoms. The van der Waals surface area contributed by atoms with E-state index in [2.05, 4.69) is 5.32 Å². The zero-order valence-electron chi connectivity index (χ0n) is 11.7. The predicted octanol–water partition coefficient (Wildman–Crippen LogP) is 1.73. The Bertz CT molecular complexity index is 527. The number of hydrogen-bond acceptors (Lipinski definition) is 3. The van der Waals surface area contributed by atoms with Crippen LogP contribution in [0.25, 0.3) is 0 Å². The van der Waals surface area contributed by atoms with Gasteiger partial charge in [0.25, 0.3) is 0 Å². The third-order valence-corrected chi connectivity index (χ3v) is 3.42. The van der Waals surface area contributed by atoms with E-state index in [9.17, 15) is 9.59 Å². The fourth-order valence-corrected chi connectivity index (χ4v) is 2.17. The molecule has 1 amide bonds. The van der Waals surface area contributed by atoms with Crippen molar-refractivity contribution < 1.29 is 19.4 Å². The third kappa shape index (κ3) is 3.29. The van der Waals surface area contributed by atoms with E-state index in [0.29, 0.717) is 19.6 Å². The van der Waals surface area contributed by atoms with Crippen LogP contribution in [0.15, 0.2) is 18.2 Å². The van der Waals surface area contributed by atoms with Gasteiger partial charge in [0.2, 0.25) is 5.91 Å². The van der Waals surface area contributed by atoms with Crippen LogP contribution in [0.4, 0.5) is 0 Å². The van der Waals surface area contributed by atoms with Crippen molar-refractivity contribution in [1.29, 1.82) is 0 Å². The van der Waals surface area contributed by atoms with Crippen LogP contribution in [0.3, 0.4) is 0 Å². The standard InChI is InChI=1S/C15H19NO4/c1-3-20-13-6-9(2)4-5-10(13)8-16-14(17)11-7-12(11)15(18)19/h4-6,11-12H,3,7-8H2,1-2H3,(H,16,17)(H,18,19)/t11-,12+/m1/s1. The van der Waals surface area contributed by atoms with Gasteiger partial charge in [-0.3, -0.25) is 9.59 Å². The summed E-state index contributed by atoms with van der Waals surface area (Å²) in [6.07, 6.45) is 0.438. The molecule has 0 heterocycles. The molecule has 2 rings (SSSR count). The van der Waals surface area contributed by atoms with E-state index in [4.69, 9.17) is 9.84 Å². The quantitative estimate of drug-likeness (QED) is 0.830. The number of carbonyl (C=O) groups is 2. The summed E-state index contributed by atoms with van der Waals surface area (Å²) in [6, 6.07) is 5.81. The fraction of sp³-hybridized carbons (Fsp3) is 0.467. The van der Waals surface area contributed by atoms with Gasteiger partial charge < -0.3 is 15.2 Å². The van der Waals surface area contributed by atoms with Crippen molar-refractivity contribution in [1.82, 2.24) is 5.32 Å². The third-order valence-electron chi connectivity index (χ3n) is 3.42. The zero-order valence-corrected chi connectivity index (χ0v) is 11.7. The highest BCUT2D eigenvalue weighted by Gasteiger charge is 2.48. The number of rotatable bonds is 6. The predicted molar refractivity (Wildman–Crippen MR) is 73.4 cm³/mol. The number of carboxylic acids is 1. The van der Waals surface area contributed by atoms with Crippen molar-refractivity contribution in [2.24, 2.45) is 11.8 Å². The second-order valence-electron chi connectivity index (χ2n) is 5.05. The van der Waals surface area contributed by atoms with Crippen LogP contribution in [0.1, 0.15) is 24.5 Å². The summed E-state index contributed by atoms with van der Waals surface area (Å²) in [4.78, 5) is 22.5. The fourth-order valence-electron chi connectivity index (χ4n) is 2.17. The molecule has 0 radical (unpaired) electrons. The molecular formula is C15H19NO4. The Kier molecular flexibility index (Phi) is 4.27. The molecule has 0 spiro atoms. The average molecular weight is 277 g/mol. The Morgan fingerprint density at radius 1 is 1.40 bits per heavy atom. The van der Waals surface area contributed by atoms with E-state index < -0.39 is 11.9 Å². The Balaban J connectivity index is 1.94. The van der Waals surface area contributed by atoms with Crippen molar-refractivity contribution in [3.8, 4) is 5.75 Å². The number of carbonyl (C=O) groups excluding carboxylic acids is 1. The first-order valence-corrected chi connectivity index (χ1v) is 6.75. The minimum atomic E-state index is -0.893. The van der Waals surface area contributed by atoms with Crippen LogP contribution in [0.5, 0.6) is 5.75 Å². The highest BCUT2D eigenvalue weighted by Crippen LogP contribution is 2.38. The van der Waals surface area contributed by atoms with Gasteiger partial charge >= 0.3 is 5.97 Å². The highest BCUT2D eigenvalue weighted by molar-refractivity contribution is 5.89. The number of hydrogen-bond donors (Lipinski definition) is 2. The van der Waals surface area contributed by atoms with Gasteiger partial charge in [0, 0.05) is 12.1 Å². The first-order valence-electron chi connectivity index (χ1n) is 6.75. The average Bonchev–Trinajstić information content (AvgIpc) is 3.18. The normalized spacial score (nSPS) is 20.3. The van der Waals surface area contributed by atoms with Crippen LogP contribution in [0.2, 0.25) is 0 Å². The largest absolute Gasteiger partial charge is 0.494 e. The van der Waals surface area contributed by atoms with Crippen molar-refractivity contribution in [3.63, 3.8) is 0 Å². The number of amides is 1. The Morgan fingerprint density at radius 3 is 2.75 bits per heavy atom. The van der Waals surface area contributed by atoms with Crippen LogP contribution >= 0.6 is 0 Å². The molecule has 0 aliphatic heterocycles. The first kappa shape index (κ1) is 14.4. The maximum atomic E-state index is 11.8. The molecule has 5 heteroatoms. The second-order valence-corrected chi connectivity index (χ2v) is 5.05. The summed E-state index contributed by atoms with van der Waals surface area (Å²) in [7, 11) is 0. The lowest BCUT2D eigenvalue weighted by molar-refractivity contribution is -0.140. The molecule has 5 nitrogen and oxygen atoms in total. The van der Waals surface area contributed by atoms with Crippen molar-refractivity contribution in [2.75, 3.05) is 6.61 Å². The lowest BCUT2D eigenvalue weighted by Crippen LogP contribution is -2.26. The number of nitrogens with one attached hydrogen (secondary N) is 1. The molecule has 1 aromatic carbocycles. The SMILES string of the molecule is CCOc1cc(C)ccc1CNC(=O)[C@@H]1C[C@@H]1C(=O)O. The lowest BCUT2D eigenvalue weighted by atomic mass is 10.1. The van der Waals surface area contributed by atoms with Gasteiger partial charge in [-0.15, -0.1) is 0 Å². The molecule has 0 bridgehead atoms. The first-order chi connectivity index (χ1) is 9.52. The molecule has 2 N–H and O–H groups in total. The summed E-state index contributed by atoms with van der Waals surface area (Å²) >= 11 is 0. The number of aryl methyl sites for hydroxylation is 1. The molecule has 2 atom stereocenters. The molecule has 0 saturated heterocycles. The van der Waals surface area contributed by atoms with Crippen LogP contribution < -0.4 is 10.1 Å². The van der Waals surface area contributed by atoms with Gasteiger partial charge in [0.15, 0.2) is 0 Å². The number of carboxylic acid groups (broad SMARTS) is 1. The maximum absolute atomic E-state index is 11.8. The maximum Gasteiger partial charge on any atom is 0.307 e. The summed E-state index contributed by atoms with van der Waals surface area (Å²) in [5, 5.41) is 11.6. The second kappa shape index (κ2) is 5.94. The molecule has 1 aliphatic rings. The minimum absolute atomic E-state index is 0.194. The van der Waals surface area contributed by atoms with Crippen LogP contribution in [0, 0.1) is 18.8 Å². The Hall–Kier alpha value is -2.04. The monoisotopic (exact) mass is 277 g/mol. The van der Waals surface area contributed by atoms with Crippen molar-refractivity contribution in [2.45, 2.75) is 26.8 Å². The van der Waals surface area contributed by atoms with E-state index in [1.807, 2.05) is 32.0 Å². The molecule has 1 aliphatic carbocycles. The minimum Gasteiger partial charge on any atom is -0.494 e. The van der Waals surface area contributed by atoms with Crippen LogP contribution in [-0.4, -0.2) is 23.6 Å². The summed E-state index contributed by atoms with van der Waals surface area (Å²) in [5.74, 6) is -1.22. The lowest BCUT2D eigenvalue weighted by Gasteiger charge is -2.12. The van der Waals surface area contributed by atoms with Crippen molar-refractivity contribution >= 4 is 11.9 Å². The van der Waals surface area contributed by atoms with E-state index in [1.165, 1.54) is 0 Å². The number of benzene rings is 1. The van der Waals surface area contributed by atoms with Gasteiger partial charge in [-0.05, 0) is 31.9 Å². The molecule has 1 saturated carbocycles. The Labute approximate surface area is 117 Å². The van der Waals surface area contributed by atoms with Gasteiger partial charge in [0.1, 0.15) is 5.75 Å². The Morgan fingerprint density at radius 2 is 2.15 bits per heavy atom. The zero-order chi connectivity index (χ0) is 14.7. The van der Waals surface area contributed by atoms with Gasteiger partial charge in [0.05, 0.1) is 18.4 Å². The molecule has 1 aromatic rings. The van der Waals surface area contributed by atoms with Crippen LogP contribution in [-0.2, 0) is 16.1 Å². The highest BCUT2D eigenvalue weighted by atomic mass is 16.5.